The Kier molecular flexibility index (Phi) is 4.75. The van der Waals surface area contributed by atoms with Crippen LogP contribution in [-0.4, -0.2) is 28.9 Å². The molecule has 0 aliphatic carbocycles. The topological polar surface area (TPSA) is 72.9 Å². The van der Waals surface area contributed by atoms with Crippen molar-refractivity contribution in [3.05, 3.63) is 11.8 Å². The molecule has 0 unspecified atom stereocenters. The molecule has 1 heterocycles. The van der Waals surface area contributed by atoms with Crippen LogP contribution in [0.15, 0.2) is 6.20 Å². The lowest BCUT2D eigenvalue weighted by molar-refractivity contribution is 0.0954. The zero-order valence-corrected chi connectivity index (χ0v) is 9.37. The van der Waals surface area contributed by atoms with E-state index in [-0.39, 0.29) is 18.3 Å². The van der Waals surface area contributed by atoms with Gasteiger partial charge in [0.2, 0.25) is 0 Å². The average molecular weight is 228 g/mol. The highest BCUT2D eigenvalue weighted by Gasteiger charge is 2.13. The lowest BCUT2D eigenvalue weighted by atomic mass is 10.3. The van der Waals surface area contributed by atoms with E-state index in [9.17, 15) is 9.18 Å². The fourth-order valence-electron chi connectivity index (χ4n) is 1.29. The molecule has 0 atom stereocenters. The molecule has 3 N–H and O–H groups in total. The molecule has 0 aliphatic rings. The maximum atomic E-state index is 12.1. The van der Waals surface area contributed by atoms with E-state index in [2.05, 4.69) is 10.4 Å². The Bertz CT molecular complexity index is 351. The van der Waals surface area contributed by atoms with E-state index in [4.69, 9.17) is 5.73 Å². The minimum Gasteiger partial charge on any atom is -0.382 e. The summed E-state index contributed by atoms with van der Waals surface area (Å²) in [5.41, 5.74) is 5.87. The number of hydrogen-bond donors (Lipinski definition) is 2. The molecule has 1 aromatic heterocycles. The van der Waals surface area contributed by atoms with Crippen molar-refractivity contribution in [2.24, 2.45) is 0 Å². The van der Waals surface area contributed by atoms with Gasteiger partial charge in [-0.3, -0.25) is 9.48 Å². The lowest BCUT2D eigenvalue weighted by Gasteiger charge is -2.01. The first kappa shape index (κ1) is 12.5. The van der Waals surface area contributed by atoms with E-state index < -0.39 is 6.67 Å². The number of alkyl halides is 1. The predicted octanol–water partition coefficient (Wildman–Crippen LogP) is 0.965. The highest BCUT2D eigenvalue weighted by atomic mass is 19.1. The number of carbonyl (C=O) groups is 1. The van der Waals surface area contributed by atoms with Crippen LogP contribution in [0.5, 0.6) is 0 Å². The minimum absolute atomic E-state index is 0.117. The van der Waals surface area contributed by atoms with Gasteiger partial charge in [0.15, 0.2) is 5.82 Å². The number of unbranched alkanes of at least 4 members (excludes halogenated alkanes) is 1. The van der Waals surface area contributed by atoms with Crippen molar-refractivity contribution in [1.29, 1.82) is 0 Å². The van der Waals surface area contributed by atoms with E-state index in [1.54, 1.807) is 0 Å². The number of amides is 1. The number of nitrogen functional groups attached to an aromatic ring is 1. The van der Waals surface area contributed by atoms with Gasteiger partial charge in [0, 0.05) is 12.7 Å². The van der Waals surface area contributed by atoms with Crippen molar-refractivity contribution in [3.63, 3.8) is 0 Å². The van der Waals surface area contributed by atoms with E-state index in [0.29, 0.717) is 12.1 Å². The molecule has 0 aliphatic heterocycles. The summed E-state index contributed by atoms with van der Waals surface area (Å²) < 4.78 is 13.4. The fraction of sp³-hybridized carbons (Fsp3) is 0.600. The van der Waals surface area contributed by atoms with Crippen LogP contribution >= 0.6 is 0 Å². The SMILES string of the molecule is CCCCNC(=O)c1cn(CCF)nc1N. The van der Waals surface area contributed by atoms with Gasteiger partial charge in [-0.1, -0.05) is 13.3 Å². The molecule has 0 saturated heterocycles. The second-order valence-corrected chi connectivity index (χ2v) is 3.49. The first-order valence-corrected chi connectivity index (χ1v) is 5.36. The summed E-state index contributed by atoms with van der Waals surface area (Å²) in [6.45, 7) is 2.24. The van der Waals surface area contributed by atoms with Crippen molar-refractivity contribution >= 4 is 11.7 Å². The van der Waals surface area contributed by atoms with Gasteiger partial charge in [0.25, 0.3) is 5.91 Å². The molecule has 0 bridgehead atoms. The molecule has 1 rings (SSSR count). The highest BCUT2D eigenvalue weighted by molar-refractivity contribution is 5.98. The van der Waals surface area contributed by atoms with E-state index in [1.165, 1.54) is 10.9 Å². The molecule has 6 heteroatoms. The van der Waals surface area contributed by atoms with E-state index in [1.807, 2.05) is 6.92 Å². The molecule has 1 amide bonds. The second kappa shape index (κ2) is 6.09. The van der Waals surface area contributed by atoms with Crippen molar-refractivity contribution < 1.29 is 9.18 Å². The summed E-state index contributed by atoms with van der Waals surface area (Å²) >= 11 is 0. The Hall–Kier alpha value is -1.59. The third-order valence-corrected chi connectivity index (χ3v) is 2.16. The van der Waals surface area contributed by atoms with Crippen molar-refractivity contribution in [2.75, 3.05) is 19.0 Å². The smallest absolute Gasteiger partial charge is 0.256 e. The number of nitrogens with two attached hydrogens (primary N) is 1. The number of aromatic nitrogens is 2. The van der Waals surface area contributed by atoms with Gasteiger partial charge >= 0.3 is 0 Å². The zero-order valence-electron chi connectivity index (χ0n) is 9.37. The molecule has 0 saturated carbocycles. The number of rotatable bonds is 6. The van der Waals surface area contributed by atoms with Gasteiger partial charge < -0.3 is 11.1 Å². The Morgan fingerprint density at radius 3 is 3.06 bits per heavy atom. The Morgan fingerprint density at radius 1 is 1.69 bits per heavy atom. The fourth-order valence-corrected chi connectivity index (χ4v) is 1.29. The van der Waals surface area contributed by atoms with Gasteiger partial charge in [-0.05, 0) is 6.42 Å². The molecular weight excluding hydrogens is 211 g/mol. The monoisotopic (exact) mass is 228 g/mol. The molecule has 90 valence electrons. The molecule has 1 aromatic rings. The maximum absolute atomic E-state index is 12.1. The van der Waals surface area contributed by atoms with Crippen LogP contribution in [0.4, 0.5) is 10.2 Å². The minimum atomic E-state index is -0.530. The number of halogens is 1. The normalized spacial score (nSPS) is 10.4. The first-order chi connectivity index (χ1) is 7.69. The first-order valence-electron chi connectivity index (χ1n) is 5.36. The largest absolute Gasteiger partial charge is 0.382 e. The average Bonchev–Trinajstić information content (AvgIpc) is 2.60. The predicted molar refractivity (Wildman–Crippen MR) is 59.9 cm³/mol. The number of anilines is 1. The molecule has 0 radical (unpaired) electrons. The van der Waals surface area contributed by atoms with Crippen molar-refractivity contribution in [1.82, 2.24) is 15.1 Å². The number of aryl methyl sites for hydroxylation is 1. The molecule has 0 spiro atoms. The number of carbonyl (C=O) groups excluding carboxylic acids is 1. The van der Waals surface area contributed by atoms with E-state index in [0.717, 1.165) is 12.8 Å². The highest BCUT2D eigenvalue weighted by Crippen LogP contribution is 2.08. The number of nitrogens with one attached hydrogen (secondary N) is 1. The van der Waals surface area contributed by atoms with Crippen LogP contribution in [0.3, 0.4) is 0 Å². The van der Waals surface area contributed by atoms with Crippen LogP contribution in [0.2, 0.25) is 0 Å². The lowest BCUT2D eigenvalue weighted by Crippen LogP contribution is -2.24. The Morgan fingerprint density at radius 2 is 2.44 bits per heavy atom. The summed E-state index contributed by atoms with van der Waals surface area (Å²) in [7, 11) is 0. The summed E-state index contributed by atoms with van der Waals surface area (Å²) in [6, 6.07) is 0. The summed E-state index contributed by atoms with van der Waals surface area (Å²) in [4.78, 5) is 11.6. The van der Waals surface area contributed by atoms with Crippen LogP contribution < -0.4 is 11.1 Å². The molecule has 0 aromatic carbocycles. The van der Waals surface area contributed by atoms with Gasteiger partial charge in [-0.2, -0.15) is 5.10 Å². The van der Waals surface area contributed by atoms with Gasteiger partial charge in [-0.25, -0.2) is 4.39 Å². The standard InChI is InChI=1S/C10H17FN4O/c1-2-3-5-13-10(16)8-7-15(6-4-11)14-9(8)12/h7H,2-6H2,1H3,(H2,12,14)(H,13,16). The van der Waals surface area contributed by atoms with Crippen LogP contribution in [0.25, 0.3) is 0 Å². The van der Waals surface area contributed by atoms with Gasteiger partial charge in [0.05, 0.1) is 6.54 Å². The van der Waals surface area contributed by atoms with Crippen molar-refractivity contribution in [3.8, 4) is 0 Å². The van der Waals surface area contributed by atoms with Crippen LogP contribution in [-0.2, 0) is 6.54 Å². The number of nitrogens with zero attached hydrogens (tertiary/aromatic N) is 2. The maximum Gasteiger partial charge on any atom is 0.256 e. The Labute approximate surface area is 93.8 Å². The van der Waals surface area contributed by atoms with Gasteiger partial charge in [-0.15, -0.1) is 0 Å². The van der Waals surface area contributed by atoms with Crippen molar-refractivity contribution in [2.45, 2.75) is 26.3 Å². The molecule has 16 heavy (non-hydrogen) atoms. The second-order valence-electron chi connectivity index (χ2n) is 3.49. The Balaban J connectivity index is 2.60. The van der Waals surface area contributed by atoms with Gasteiger partial charge in [0.1, 0.15) is 12.2 Å². The summed E-state index contributed by atoms with van der Waals surface area (Å²) in [5.74, 6) is -0.112. The molecule has 5 nitrogen and oxygen atoms in total. The molecule has 0 fully saturated rings. The number of hydrogen-bond acceptors (Lipinski definition) is 3. The zero-order chi connectivity index (χ0) is 12.0. The van der Waals surface area contributed by atoms with E-state index >= 15 is 0 Å². The third-order valence-electron chi connectivity index (χ3n) is 2.16. The van der Waals surface area contributed by atoms with Crippen LogP contribution in [0, 0.1) is 0 Å². The quantitative estimate of drug-likeness (QED) is 0.712. The summed E-state index contributed by atoms with van der Waals surface area (Å²) in [6.07, 6.45) is 3.40. The van der Waals surface area contributed by atoms with Crippen LogP contribution in [0.1, 0.15) is 30.1 Å². The third kappa shape index (κ3) is 3.22. The summed E-state index contributed by atoms with van der Waals surface area (Å²) in [5, 5.41) is 6.57. The molecular formula is C10H17FN4O.